The van der Waals surface area contributed by atoms with Gasteiger partial charge in [0.05, 0.1) is 7.11 Å². The van der Waals surface area contributed by atoms with Crippen molar-refractivity contribution in [1.82, 2.24) is 4.98 Å². The van der Waals surface area contributed by atoms with E-state index in [9.17, 15) is 0 Å². The lowest BCUT2D eigenvalue weighted by atomic mass is 9.96. The smallest absolute Gasteiger partial charge is 0.118 e. The molecule has 1 heterocycles. The Morgan fingerprint density at radius 1 is 1.10 bits per heavy atom. The molecule has 0 saturated heterocycles. The van der Waals surface area contributed by atoms with Crippen LogP contribution in [-0.2, 0) is 6.42 Å². The Morgan fingerprint density at radius 2 is 1.90 bits per heavy atom. The second-order valence-corrected chi connectivity index (χ2v) is 5.10. The number of hydrogen-bond donors (Lipinski definition) is 1. The number of methoxy groups -OCH3 is 1. The van der Waals surface area contributed by atoms with Gasteiger partial charge in [-0.1, -0.05) is 30.3 Å². The van der Waals surface area contributed by atoms with Crippen molar-refractivity contribution in [2.24, 2.45) is 5.73 Å². The first kappa shape index (κ1) is 13.6. The van der Waals surface area contributed by atoms with Gasteiger partial charge < -0.3 is 10.5 Å². The molecule has 3 heteroatoms. The van der Waals surface area contributed by atoms with E-state index in [1.165, 1.54) is 10.9 Å². The molecule has 2 N–H and O–H groups in total. The van der Waals surface area contributed by atoms with Crippen molar-refractivity contribution in [3.63, 3.8) is 0 Å². The molecule has 21 heavy (non-hydrogen) atoms. The predicted octanol–water partition coefficient (Wildman–Crippen LogP) is 3.49. The van der Waals surface area contributed by atoms with E-state index in [0.29, 0.717) is 0 Å². The average molecular weight is 278 g/mol. The summed E-state index contributed by atoms with van der Waals surface area (Å²) in [4.78, 5) is 4.21. The first-order valence-electron chi connectivity index (χ1n) is 6.99. The minimum atomic E-state index is -0.0497. The van der Waals surface area contributed by atoms with E-state index in [1.54, 1.807) is 13.3 Å². The summed E-state index contributed by atoms with van der Waals surface area (Å²) in [5.74, 6) is 0.863. The number of nitrogens with zero attached hydrogens (tertiary/aromatic N) is 1. The first-order valence-corrected chi connectivity index (χ1v) is 6.99. The van der Waals surface area contributed by atoms with E-state index < -0.39 is 0 Å². The van der Waals surface area contributed by atoms with E-state index in [2.05, 4.69) is 29.2 Å². The van der Waals surface area contributed by atoms with Gasteiger partial charge in [-0.25, -0.2) is 0 Å². The van der Waals surface area contributed by atoms with Crippen LogP contribution in [-0.4, -0.2) is 12.1 Å². The highest BCUT2D eigenvalue weighted by atomic mass is 16.5. The molecule has 0 amide bonds. The molecule has 1 aromatic heterocycles. The molecule has 3 aromatic rings. The zero-order valence-electron chi connectivity index (χ0n) is 12.0. The van der Waals surface area contributed by atoms with Crippen molar-refractivity contribution in [2.45, 2.75) is 12.5 Å². The monoisotopic (exact) mass is 278 g/mol. The van der Waals surface area contributed by atoms with Gasteiger partial charge in [0.25, 0.3) is 0 Å². The fourth-order valence-corrected chi connectivity index (χ4v) is 2.59. The number of fused-ring (bicyclic) bond motifs is 1. The zero-order valence-corrected chi connectivity index (χ0v) is 12.0. The molecule has 0 saturated carbocycles. The van der Waals surface area contributed by atoms with Gasteiger partial charge in [0.15, 0.2) is 0 Å². The van der Waals surface area contributed by atoms with E-state index in [-0.39, 0.29) is 6.04 Å². The molecule has 0 bridgehead atoms. The van der Waals surface area contributed by atoms with Crippen LogP contribution < -0.4 is 10.5 Å². The van der Waals surface area contributed by atoms with E-state index in [4.69, 9.17) is 10.5 Å². The molecular formula is C18H18N2O. The summed E-state index contributed by atoms with van der Waals surface area (Å²) in [6.07, 6.45) is 4.48. The molecule has 2 aromatic carbocycles. The highest BCUT2D eigenvalue weighted by Crippen LogP contribution is 2.25. The van der Waals surface area contributed by atoms with Crippen molar-refractivity contribution in [2.75, 3.05) is 7.11 Å². The van der Waals surface area contributed by atoms with Gasteiger partial charge in [-0.2, -0.15) is 0 Å². The Hall–Kier alpha value is -2.39. The lowest BCUT2D eigenvalue weighted by molar-refractivity contribution is 0.414. The molecule has 106 valence electrons. The average Bonchev–Trinajstić information content (AvgIpc) is 2.55. The van der Waals surface area contributed by atoms with Crippen molar-refractivity contribution in [3.05, 3.63) is 72.1 Å². The summed E-state index contributed by atoms with van der Waals surface area (Å²) < 4.78 is 5.18. The van der Waals surface area contributed by atoms with Crippen LogP contribution in [0.15, 0.2) is 60.9 Å². The topological polar surface area (TPSA) is 48.1 Å². The van der Waals surface area contributed by atoms with Gasteiger partial charge >= 0.3 is 0 Å². The Labute approximate surface area is 124 Å². The lowest BCUT2D eigenvalue weighted by Gasteiger charge is -2.15. The molecule has 3 nitrogen and oxygen atoms in total. The molecule has 0 spiro atoms. The molecule has 0 aliphatic heterocycles. The highest BCUT2D eigenvalue weighted by molar-refractivity contribution is 5.85. The zero-order chi connectivity index (χ0) is 14.7. The van der Waals surface area contributed by atoms with Crippen LogP contribution in [0.2, 0.25) is 0 Å². The van der Waals surface area contributed by atoms with Crippen molar-refractivity contribution >= 4 is 10.8 Å². The Morgan fingerprint density at radius 3 is 2.67 bits per heavy atom. The number of aromatic nitrogens is 1. The standard InChI is InChI=1S/C18H18N2O/c1-21-15-7-5-13(6-8-15)11-18(19)16-4-2-3-14-9-10-20-12-17(14)16/h2-10,12,18H,11,19H2,1H3. The lowest BCUT2D eigenvalue weighted by Crippen LogP contribution is -2.13. The van der Waals surface area contributed by atoms with Gasteiger partial charge in [-0.15, -0.1) is 0 Å². The van der Waals surface area contributed by atoms with Crippen LogP contribution in [0.4, 0.5) is 0 Å². The molecule has 3 rings (SSSR count). The van der Waals surface area contributed by atoms with Crippen LogP contribution in [0, 0.1) is 0 Å². The second-order valence-electron chi connectivity index (χ2n) is 5.10. The quantitative estimate of drug-likeness (QED) is 0.794. The summed E-state index contributed by atoms with van der Waals surface area (Å²) >= 11 is 0. The summed E-state index contributed by atoms with van der Waals surface area (Å²) in [6.45, 7) is 0. The van der Waals surface area contributed by atoms with Gasteiger partial charge in [-0.3, -0.25) is 4.98 Å². The van der Waals surface area contributed by atoms with Gasteiger partial charge in [0.1, 0.15) is 5.75 Å². The Bertz CT molecular complexity index is 732. The summed E-state index contributed by atoms with van der Waals surface area (Å²) in [5.41, 5.74) is 8.74. The maximum atomic E-state index is 6.40. The van der Waals surface area contributed by atoms with Gasteiger partial charge in [0.2, 0.25) is 0 Å². The number of hydrogen-bond acceptors (Lipinski definition) is 3. The van der Waals surface area contributed by atoms with Crippen LogP contribution in [0.3, 0.4) is 0 Å². The normalized spacial score (nSPS) is 12.3. The third kappa shape index (κ3) is 2.88. The van der Waals surface area contributed by atoms with E-state index in [0.717, 1.165) is 23.1 Å². The van der Waals surface area contributed by atoms with E-state index in [1.807, 2.05) is 30.5 Å². The van der Waals surface area contributed by atoms with Crippen molar-refractivity contribution in [1.29, 1.82) is 0 Å². The maximum Gasteiger partial charge on any atom is 0.118 e. The van der Waals surface area contributed by atoms with E-state index >= 15 is 0 Å². The fraction of sp³-hybridized carbons (Fsp3) is 0.167. The SMILES string of the molecule is COc1ccc(CC(N)c2cccc3ccncc23)cc1. The summed E-state index contributed by atoms with van der Waals surface area (Å²) in [5, 5.41) is 2.30. The minimum Gasteiger partial charge on any atom is -0.497 e. The second kappa shape index (κ2) is 5.94. The Kier molecular flexibility index (Phi) is 3.84. The molecule has 0 radical (unpaired) electrons. The fourth-order valence-electron chi connectivity index (χ4n) is 2.59. The number of rotatable bonds is 4. The van der Waals surface area contributed by atoms with Crippen LogP contribution in [0.25, 0.3) is 10.8 Å². The number of nitrogens with two attached hydrogens (primary N) is 1. The third-order valence-corrected chi connectivity index (χ3v) is 3.73. The van der Waals surface area contributed by atoms with Gasteiger partial charge in [0, 0.05) is 23.8 Å². The number of benzene rings is 2. The van der Waals surface area contributed by atoms with Gasteiger partial charge in [-0.05, 0) is 41.1 Å². The number of pyridine rings is 1. The Balaban J connectivity index is 1.88. The molecule has 0 aliphatic carbocycles. The molecular weight excluding hydrogens is 260 g/mol. The molecule has 0 aliphatic rings. The third-order valence-electron chi connectivity index (χ3n) is 3.73. The summed E-state index contributed by atoms with van der Waals surface area (Å²) in [7, 11) is 1.67. The minimum absolute atomic E-state index is 0.0497. The molecule has 0 fully saturated rings. The number of ether oxygens (including phenoxy) is 1. The largest absolute Gasteiger partial charge is 0.497 e. The maximum absolute atomic E-state index is 6.40. The highest BCUT2D eigenvalue weighted by Gasteiger charge is 2.10. The van der Waals surface area contributed by atoms with Crippen LogP contribution in [0.5, 0.6) is 5.75 Å². The summed E-state index contributed by atoms with van der Waals surface area (Å²) in [6, 6.07) is 16.2. The van der Waals surface area contributed by atoms with Crippen molar-refractivity contribution < 1.29 is 4.74 Å². The molecule has 1 unspecified atom stereocenters. The van der Waals surface area contributed by atoms with Crippen LogP contribution >= 0.6 is 0 Å². The van der Waals surface area contributed by atoms with Crippen LogP contribution in [0.1, 0.15) is 17.2 Å². The van der Waals surface area contributed by atoms with Crippen molar-refractivity contribution in [3.8, 4) is 5.75 Å². The predicted molar refractivity (Wildman–Crippen MR) is 85.4 cm³/mol. The molecule has 1 atom stereocenters. The first-order chi connectivity index (χ1) is 10.3.